The molecule has 0 fully saturated rings. The fraction of sp³-hybridized carbons (Fsp3) is 0.250. The topological polar surface area (TPSA) is 46.2 Å². The summed E-state index contributed by atoms with van der Waals surface area (Å²) in [6, 6.07) is 31.9. The van der Waals surface area contributed by atoms with Crippen LogP contribution in [0, 0.1) is 0 Å². The first kappa shape index (κ1) is 30.1. The van der Waals surface area contributed by atoms with E-state index in [1.54, 1.807) is 35.5 Å². The molecule has 0 N–H and O–H groups in total. The van der Waals surface area contributed by atoms with Crippen LogP contribution in [-0.4, -0.2) is 35.5 Å². The van der Waals surface area contributed by atoms with Crippen molar-refractivity contribution in [3.63, 3.8) is 0 Å². The first-order valence-corrected chi connectivity index (χ1v) is 15.3. The van der Waals surface area contributed by atoms with E-state index < -0.39 is 0 Å². The van der Waals surface area contributed by atoms with Crippen molar-refractivity contribution in [2.45, 2.75) is 32.1 Å². The Balaban J connectivity index is 1.58. The standard InChI is InChI=1S/C40H40O5/c1-41-36-26-11-6-12-27(36)22-29-14-8-16-31(38(29)43-3)24-33-18-10-20-35(40(33)45-5)25-34-19-9-17-32(39(34)44-4)23-30-15-7-13-28(21-26)37(30)42-2/h6-20H,21-25H2,1-5H3. The molecule has 0 amide bonds. The highest BCUT2D eigenvalue weighted by molar-refractivity contribution is 5.56. The Hall–Kier alpha value is -4.90. The van der Waals surface area contributed by atoms with Crippen LogP contribution >= 0.6 is 0 Å². The van der Waals surface area contributed by atoms with Gasteiger partial charge in [-0.3, -0.25) is 0 Å². The van der Waals surface area contributed by atoms with Crippen LogP contribution in [0.5, 0.6) is 28.7 Å². The minimum atomic E-state index is 0.677. The number of methoxy groups -OCH3 is 5. The van der Waals surface area contributed by atoms with Gasteiger partial charge in [0.2, 0.25) is 0 Å². The minimum absolute atomic E-state index is 0.677. The molecular formula is C40H40O5. The monoisotopic (exact) mass is 600 g/mol. The van der Waals surface area contributed by atoms with Crippen molar-refractivity contribution in [1.29, 1.82) is 0 Å². The fourth-order valence-corrected chi connectivity index (χ4v) is 6.92. The summed E-state index contributed by atoms with van der Waals surface area (Å²) in [6.07, 6.45) is 3.39. The molecule has 0 aliphatic heterocycles. The van der Waals surface area contributed by atoms with Gasteiger partial charge in [0.15, 0.2) is 0 Å². The van der Waals surface area contributed by atoms with E-state index in [0.29, 0.717) is 32.1 Å². The zero-order valence-corrected chi connectivity index (χ0v) is 26.7. The molecule has 1 aliphatic rings. The predicted octanol–water partition coefficient (Wildman–Crippen LogP) is 8.00. The number of ether oxygens (including phenoxy) is 5. The number of para-hydroxylation sites is 5. The van der Waals surface area contributed by atoms with Crippen molar-refractivity contribution in [3.8, 4) is 28.7 Å². The van der Waals surface area contributed by atoms with Gasteiger partial charge in [0.25, 0.3) is 0 Å². The largest absolute Gasteiger partial charge is 0.496 e. The average molecular weight is 601 g/mol. The van der Waals surface area contributed by atoms with Gasteiger partial charge in [-0.15, -0.1) is 0 Å². The van der Waals surface area contributed by atoms with Gasteiger partial charge in [-0.25, -0.2) is 0 Å². The summed E-state index contributed by atoms with van der Waals surface area (Å²) < 4.78 is 30.4. The molecule has 5 aromatic rings. The summed E-state index contributed by atoms with van der Waals surface area (Å²) in [5.41, 5.74) is 11.1. The third-order valence-corrected chi connectivity index (χ3v) is 8.82. The quantitative estimate of drug-likeness (QED) is 0.201. The Morgan fingerprint density at radius 1 is 0.267 bits per heavy atom. The highest BCUT2D eigenvalue weighted by atomic mass is 16.5. The Kier molecular flexibility index (Phi) is 8.97. The molecule has 0 unspecified atom stereocenters. The second-order valence-corrected chi connectivity index (χ2v) is 11.4. The minimum Gasteiger partial charge on any atom is -0.496 e. The Morgan fingerprint density at radius 2 is 0.400 bits per heavy atom. The van der Waals surface area contributed by atoms with Gasteiger partial charge in [-0.1, -0.05) is 91.0 Å². The van der Waals surface area contributed by atoms with E-state index in [0.717, 1.165) is 84.4 Å². The van der Waals surface area contributed by atoms with Crippen LogP contribution in [0.15, 0.2) is 91.0 Å². The number of hydrogen-bond donors (Lipinski definition) is 0. The number of fused-ring (bicyclic) bond motifs is 10. The van der Waals surface area contributed by atoms with Crippen LogP contribution in [0.1, 0.15) is 55.6 Å². The van der Waals surface area contributed by atoms with Crippen molar-refractivity contribution in [2.24, 2.45) is 0 Å². The third kappa shape index (κ3) is 5.95. The number of benzene rings is 5. The van der Waals surface area contributed by atoms with Gasteiger partial charge in [0.1, 0.15) is 28.7 Å². The van der Waals surface area contributed by atoms with Crippen LogP contribution in [0.2, 0.25) is 0 Å². The number of hydrogen-bond acceptors (Lipinski definition) is 5. The van der Waals surface area contributed by atoms with E-state index in [1.807, 2.05) is 0 Å². The van der Waals surface area contributed by atoms with Crippen molar-refractivity contribution >= 4 is 0 Å². The first-order chi connectivity index (χ1) is 22.1. The molecule has 6 rings (SSSR count). The van der Waals surface area contributed by atoms with Crippen LogP contribution < -0.4 is 23.7 Å². The van der Waals surface area contributed by atoms with Crippen LogP contribution in [0.3, 0.4) is 0 Å². The van der Waals surface area contributed by atoms with Crippen LogP contribution in [-0.2, 0) is 32.1 Å². The second kappa shape index (κ2) is 13.4. The van der Waals surface area contributed by atoms with E-state index >= 15 is 0 Å². The fourth-order valence-electron chi connectivity index (χ4n) is 6.92. The molecule has 0 aromatic heterocycles. The van der Waals surface area contributed by atoms with Crippen molar-refractivity contribution in [1.82, 2.24) is 0 Å². The van der Waals surface area contributed by atoms with Gasteiger partial charge in [0.05, 0.1) is 35.5 Å². The van der Waals surface area contributed by atoms with Crippen molar-refractivity contribution < 1.29 is 23.7 Å². The molecule has 0 atom stereocenters. The molecular weight excluding hydrogens is 560 g/mol. The predicted molar refractivity (Wildman–Crippen MR) is 179 cm³/mol. The molecule has 0 spiro atoms. The molecule has 0 radical (unpaired) electrons. The van der Waals surface area contributed by atoms with E-state index in [4.69, 9.17) is 23.7 Å². The molecule has 0 saturated carbocycles. The average Bonchev–Trinajstić information content (AvgIpc) is 3.05. The Bertz CT molecular complexity index is 1410. The lowest BCUT2D eigenvalue weighted by molar-refractivity contribution is 0.396. The van der Waals surface area contributed by atoms with Gasteiger partial charge in [-0.05, 0) is 55.6 Å². The number of rotatable bonds is 5. The summed E-state index contributed by atoms with van der Waals surface area (Å²) in [7, 11) is 8.75. The van der Waals surface area contributed by atoms with Crippen LogP contribution in [0.25, 0.3) is 0 Å². The summed E-state index contributed by atoms with van der Waals surface area (Å²) >= 11 is 0. The second-order valence-electron chi connectivity index (χ2n) is 11.4. The highest BCUT2D eigenvalue weighted by Crippen LogP contribution is 2.38. The smallest absolute Gasteiger partial charge is 0.125 e. The first-order valence-electron chi connectivity index (χ1n) is 15.3. The summed E-state index contributed by atoms with van der Waals surface area (Å²) in [5, 5.41) is 0. The SMILES string of the molecule is COc1c2cccc1Cc1cccc(c1OC)Cc1cccc(c1OC)Cc1cccc(c1OC)Cc1cccc(c1OC)C2. The van der Waals surface area contributed by atoms with E-state index in [9.17, 15) is 0 Å². The molecule has 5 heteroatoms. The van der Waals surface area contributed by atoms with Gasteiger partial charge in [-0.2, -0.15) is 0 Å². The maximum Gasteiger partial charge on any atom is 0.125 e. The molecule has 0 saturated heterocycles. The highest BCUT2D eigenvalue weighted by Gasteiger charge is 2.21. The maximum atomic E-state index is 6.08. The van der Waals surface area contributed by atoms with E-state index in [2.05, 4.69) is 91.0 Å². The van der Waals surface area contributed by atoms with Gasteiger partial charge in [0, 0.05) is 32.1 Å². The summed E-state index contributed by atoms with van der Waals surface area (Å²) in [6.45, 7) is 0. The third-order valence-electron chi connectivity index (χ3n) is 8.82. The lowest BCUT2D eigenvalue weighted by Crippen LogP contribution is -2.06. The molecule has 45 heavy (non-hydrogen) atoms. The maximum absolute atomic E-state index is 6.08. The van der Waals surface area contributed by atoms with Gasteiger partial charge < -0.3 is 23.7 Å². The van der Waals surface area contributed by atoms with Crippen LogP contribution in [0.4, 0.5) is 0 Å². The zero-order chi connectivity index (χ0) is 31.3. The van der Waals surface area contributed by atoms with E-state index in [1.165, 1.54) is 0 Å². The molecule has 230 valence electrons. The summed E-state index contributed by atoms with van der Waals surface area (Å²) in [5.74, 6) is 4.42. The molecule has 10 bridgehead atoms. The Morgan fingerprint density at radius 3 is 0.511 bits per heavy atom. The van der Waals surface area contributed by atoms with Crippen molar-refractivity contribution in [2.75, 3.05) is 35.5 Å². The molecule has 0 heterocycles. The zero-order valence-electron chi connectivity index (χ0n) is 26.7. The Labute approximate surface area is 266 Å². The molecule has 1 aliphatic carbocycles. The lowest BCUT2D eigenvalue weighted by atomic mass is 9.91. The molecule has 5 aromatic carbocycles. The molecule has 5 nitrogen and oxygen atoms in total. The normalized spacial score (nSPS) is 12.6. The van der Waals surface area contributed by atoms with Gasteiger partial charge >= 0.3 is 0 Å². The van der Waals surface area contributed by atoms with Crippen molar-refractivity contribution in [3.05, 3.63) is 147 Å². The summed E-state index contributed by atoms with van der Waals surface area (Å²) in [4.78, 5) is 0. The van der Waals surface area contributed by atoms with E-state index in [-0.39, 0.29) is 0 Å². The lowest BCUT2D eigenvalue weighted by Gasteiger charge is -2.20.